The fourth-order valence-electron chi connectivity index (χ4n) is 2.85. The highest BCUT2D eigenvalue weighted by Gasteiger charge is 2.25. The molecule has 1 aliphatic rings. The van der Waals surface area contributed by atoms with Gasteiger partial charge in [0.05, 0.1) is 11.8 Å². The van der Waals surface area contributed by atoms with Crippen LogP contribution in [0.15, 0.2) is 16.7 Å². The molecule has 0 aromatic carbocycles. The van der Waals surface area contributed by atoms with Gasteiger partial charge in [-0.2, -0.15) is 0 Å². The summed E-state index contributed by atoms with van der Waals surface area (Å²) in [5.74, 6) is 1.15. The van der Waals surface area contributed by atoms with E-state index in [9.17, 15) is 4.79 Å². The van der Waals surface area contributed by atoms with Crippen LogP contribution in [0, 0.1) is 12.8 Å². The van der Waals surface area contributed by atoms with Crippen molar-refractivity contribution in [1.29, 1.82) is 0 Å². The van der Waals surface area contributed by atoms with Crippen LogP contribution in [0.2, 0.25) is 0 Å². The van der Waals surface area contributed by atoms with E-state index in [0.717, 1.165) is 26.2 Å². The maximum Gasteiger partial charge on any atom is 0.254 e. The predicted octanol–water partition coefficient (Wildman–Crippen LogP) is 1.59. The Morgan fingerprint density at radius 3 is 2.52 bits per heavy atom. The van der Waals surface area contributed by atoms with E-state index < -0.39 is 0 Å². The van der Waals surface area contributed by atoms with Crippen LogP contribution in [-0.4, -0.2) is 61.5 Å². The maximum absolute atomic E-state index is 12.2. The van der Waals surface area contributed by atoms with Gasteiger partial charge in [-0.05, 0) is 26.0 Å². The van der Waals surface area contributed by atoms with E-state index in [1.54, 1.807) is 12.3 Å². The largest absolute Gasteiger partial charge is 0.469 e. The number of aryl methyl sites for hydroxylation is 1. The molecule has 5 nitrogen and oxygen atoms in total. The van der Waals surface area contributed by atoms with Gasteiger partial charge in [0.15, 0.2) is 0 Å². The number of hydrogen-bond donors (Lipinski definition) is 1. The number of nitrogens with one attached hydrogen (secondary N) is 1. The number of hydrogen-bond acceptors (Lipinski definition) is 4. The molecule has 1 fully saturated rings. The first kappa shape index (κ1) is 16.0. The van der Waals surface area contributed by atoms with Crippen molar-refractivity contribution in [2.75, 3.05) is 39.8 Å². The summed E-state index contributed by atoms with van der Waals surface area (Å²) in [4.78, 5) is 17.0. The molecule has 1 amide bonds. The Labute approximate surface area is 127 Å². The molecule has 1 aromatic rings. The Hall–Kier alpha value is -1.33. The third kappa shape index (κ3) is 4.08. The molecule has 1 aromatic heterocycles. The molecule has 0 aliphatic carbocycles. The first-order chi connectivity index (χ1) is 9.99. The van der Waals surface area contributed by atoms with Crippen molar-refractivity contribution in [1.82, 2.24) is 15.1 Å². The highest BCUT2D eigenvalue weighted by atomic mass is 16.3. The lowest BCUT2D eigenvalue weighted by molar-refractivity contribution is 0.0790. The van der Waals surface area contributed by atoms with E-state index in [1.165, 1.54) is 0 Å². The summed E-state index contributed by atoms with van der Waals surface area (Å²) in [5.41, 5.74) is 0.635. The van der Waals surface area contributed by atoms with E-state index >= 15 is 0 Å². The van der Waals surface area contributed by atoms with Gasteiger partial charge in [-0.25, -0.2) is 0 Å². The second-order valence-electron chi connectivity index (χ2n) is 6.25. The van der Waals surface area contributed by atoms with Crippen LogP contribution in [0.5, 0.6) is 0 Å². The zero-order valence-corrected chi connectivity index (χ0v) is 13.6. The second kappa shape index (κ2) is 7.09. The van der Waals surface area contributed by atoms with Crippen molar-refractivity contribution >= 4 is 5.91 Å². The van der Waals surface area contributed by atoms with Crippen molar-refractivity contribution in [3.63, 3.8) is 0 Å². The van der Waals surface area contributed by atoms with Crippen LogP contribution in [0.3, 0.4) is 0 Å². The second-order valence-corrected chi connectivity index (χ2v) is 6.25. The van der Waals surface area contributed by atoms with Crippen molar-refractivity contribution in [3.8, 4) is 0 Å². The Kier molecular flexibility index (Phi) is 5.42. The number of amides is 1. The fraction of sp³-hybridized carbons (Fsp3) is 0.688. The van der Waals surface area contributed by atoms with Gasteiger partial charge in [-0.15, -0.1) is 0 Å². The first-order valence-corrected chi connectivity index (χ1v) is 7.74. The van der Waals surface area contributed by atoms with Crippen molar-refractivity contribution < 1.29 is 9.21 Å². The highest BCUT2D eigenvalue weighted by molar-refractivity contribution is 5.95. The molecule has 1 saturated heterocycles. The van der Waals surface area contributed by atoms with Gasteiger partial charge in [-0.1, -0.05) is 13.8 Å². The average molecular weight is 293 g/mol. The quantitative estimate of drug-likeness (QED) is 0.895. The van der Waals surface area contributed by atoms with E-state index in [-0.39, 0.29) is 5.91 Å². The highest BCUT2D eigenvalue weighted by Crippen LogP contribution is 2.14. The molecule has 0 bridgehead atoms. The summed E-state index contributed by atoms with van der Waals surface area (Å²) in [5, 5.41) is 3.06. The zero-order chi connectivity index (χ0) is 15.4. The minimum absolute atomic E-state index is 0.0407. The molecule has 2 heterocycles. The molecular weight excluding hydrogens is 266 g/mol. The lowest BCUT2D eigenvalue weighted by atomic mass is 10.0. The molecule has 2 rings (SSSR count). The number of rotatable bonds is 5. The molecule has 1 N–H and O–H groups in total. The van der Waals surface area contributed by atoms with E-state index in [1.807, 2.05) is 6.92 Å². The van der Waals surface area contributed by atoms with E-state index in [4.69, 9.17) is 4.42 Å². The third-order valence-corrected chi connectivity index (χ3v) is 4.35. The molecule has 0 spiro atoms. The van der Waals surface area contributed by atoms with Crippen LogP contribution < -0.4 is 5.32 Å². The van der Waals surface area contributed by atoms with Gasteiger partial charge in [0, 0.05) is 38.8 Å². The minimum atomic E-state index is -0.0407. The standard InChI is InChI=1S/C16H27N3O2/c1-12(2)15(19-8-6-18(4)7-9-19)11-17-16(20)14-5-10-21-13(14)3/h5,10,12,15H,6-9,11H2,1-4H3,(H,17,20). The van der Waals surface area contributed by atoms with Gasteiger partial charge in [0.25, 0.3) is 5.91 Å². The average Bonchev–Trinajstić information content (AvgIpc) is 2.86. The lowest BCUT2D eigenvalue weighted by Crippen LogP contribution is -2.54. The van der Waals surface area contributed by atoms with Gasteiger partial charge < -0.3 is 14.6 Å². The van der Waals surface area contributed by atoms with E-state index in [2.05, 4.69) is 36.0 Å². The van der Waals surface area contributed by atoms with Crippen molar-refractivity contribution in [2.24, 2.45) is 5.92 Å². The summed E-state index contributed by atoms with van der Waals surface area (Å²) in [7, 11) is 2.16. The molecule has 5 heteroatoms. The van der Waals surface area contributed by atoms with Gasteiger partial charge >= 0.3 is 0 Å². The molecule has 1 atom stereocenters. The summed E-state index contributed by atoms with van der Waals surface area (Å²) >= 11 is 0. The predicted molar refractivity (Wildman–Crippen MR) is 83.5 cm³/mol. The zero-order valence-electron chi connectivity index (χ0n) is 13.6. The molecule has 0 saturated carbocycles. The normalized spacial score (nSPS) is 18.9. The lowest BCUT2D eigenvalue weighted by Gasteiger charge is -2.39. The van der Waals surface area contributed by atoms with Gasteiger partial charge in [0.1, 0.15) is 5.76 Å². The molecule has 0 radical (unpaired) electrons. The molecular formula is C16H27N3O2. The number of carbonyl (C=O) groups excluding carboxylic acids is 1. The van der Waals surface area contributed by atoms with Crippen LogP contribution >= 0.6 is 0 Å². The van der Waals surface area contributed by atoms with Crippen LogP contribution in [0.1, 0.15) is 30.0 Å². The number of furan rings is 1. The van der Waals surface area contributed by atoms with Gasteiger partial charge in [0.2, 0.25) is 0 Å². The fourth-order valence-corrected chi connectivity index (χ4v) is 2.85. The SMILES string of the molecule is Cc1occc1C(=O)NCC(C(C)C)N1CCN(C)CC1. The number of likely N-dealkylation sites (N-methyl/N-ethyl adjacent to an activating group) is 1. The number of piperazine rings is 1. The summed E-state index contributed by atoms with van der Waals surface area (Å²) in [6.07, 6.45) is 1.56. The summed E-state index contributed by atoms with van der Waals surface area (Å²) in [6, 6.07) is 2.11. The van der Waals surface area contributed by atoms with Crippen molar-refractivity contribution in [3.05, 3.63) is 23.7 Å². The van der Waals surface area contributed by atoms with Crippen LogP contribution in [-0.2, 0) is 0 Å². The molecule has 1 aliphatic heterocycles. The Bertz CT molecular complexity index is 462. The smallest absolute Gasteiger partial charge is 0.254 e. The maximum atomic E-state index is 12.2. The van der Waals surface area contributed by atoms with Gasteiger partial charge in [-0.3, -0.25) is 9.69 Å². The van der Waals surface area contributed by atoms with Crippen LogP contribution in [0.25, 0.3) is 0 Å². The Balaban J connectivity index is 1.91. The number of carbonyl (C=O) groups is 1. The topological polar surface area (TPSA) is 48.7 Å². The van der Waals surface area contributed by atoms with Crippen molar-refractivity contribution in [2.45, 2.75) is 26.8 Å². The number of nitrogens with zero attached hydrogens (tertiary/aromatic N) is 2. The molecule has 1 unspecified atom stereocenters. The minimum Gasteiger partial charge on any atom is -0.469 e. The third-order valence-electron chi connectivity index (χ3n) is 4.35. The molecule has 118 valence electrons. The Morgan fingerprint density at radius 1 is 1.33 bits per heavy atom. The van der Waals surface area contributed by atoms with E-state index in [0.29, 0.717) is 29.8 Å². The molecule has 21 heavy (non-hydrogen) atoms. The monoisotopic (exact) mass is 293 g/mol. The Morgan fingerprint density at radius 2 is 2.00 bits per heavy atom. The first-order valence-electron chi connectivity index (χ1n) is 7.74. The van der Waals surface area contributed by atoms with Crippen LogP contribution in [0.4, 0.5) is 0 Å². The summed E-state index contributed by atoms with van der Waals surface area (Å²) < 4.78 is 5.19. The summed E-state index contributed by atoms with van der Waals surface area (Å²) in [6.45, 7) is 11.3.